The molecule has 4 amide bonds. The van der Waals surface area contributed by atoms with E-state index in [-0.39, 0.29) is 47.3 Å². The third-order valence-corrected chi connectivity index (χ3v) is 10.1. The summed E-state index contributed by atoms with van der Waals surface area (Å²) >= 11 is 12.5. The van der Waals surface area contributed by atoms with E-state index in [1.54, 1.807) is 29.0 Å². The van der Waals surface area contributed by atoms with Gasteiger partial charge in [0, 0.05) is 64.1 Å². The topological polar surface area (TPSA) is 90.5 Å². The molecular formula is C33H39Cl2FN4O5. The second-order valence-electron chi connectivity index (χ2n) is 12.5. The third kappa shape index (κ3) is 7.38. The summed E-state index contributed by atoms with van der Waals surface area (Å²) in [6, 6.07) is 10.1. The maximum absolute atomic E-state index is 13.9. The van der Waals surface area contributed by atoms with Crippen molar-refractivity contribution in [1.29, 1.82) is 0 Å². The number of likely N-dealkylation sites (N-methyl/N-ethyl adjacent to an activating group) is 1. The third-order valence-electron chi connectivity index (χ3n) is 9.35. The Bertz CT molecular complexity index is 1430. The van der Waals surface area contributed by atoms with E-state index >= 15 is 0 Å². The summed E-state index contributed by atoms with van der Waals surface area (Å²) in [5.41, 5.74) is 0.841. The highest BCUT2D eigenvalue weighted by atomic mass is 35.5. The van der Waals surface area contributed by atoms with Crippen LogP contribution in [0, 0.1) is 17.7 Å². The van der Waals surface area contributed by atoms with Gasteiger partial charge in [-0.1, -0.05) is 29.3 Å². The van der Waals surface area contributed by atoms with Crippen LogP contribution in [0.4, 0.5) is 9.18 Å². The van der Waals surface area contributed by atoms with E-state index in [4.69, 9.17) is 27.9 Å². The zero-order chi connectivity index (χ0) is 32.4. The molecule has 3 heterocycles. The predicted octanol–water partition coefficient (Wildman–Crippen LogP) is 5.44. The molecule has 3 saturated heterocycles. The van der Waals surface area contributed by atoms with Crippen LogP contribution in [0.25, 0.3) is 0 Å². The summed E-state index contributed by atoms with van der Waals surface area (Å²) in [5, 5.41) is 0.787. The zero-order valence-corrected chi connectivity index (χ0v) is 27.3. The Kier molecular flexibility index (Phi) is 10.2. The van der Waals surface area contributed by atoms with Gasteiger partial charge >= 0.3 is 6.09 Å². The molecule has 0 spiro atoms. The molecule has 0 aliphatic carbocycles. The number of carbonyl (C=O) groups is 4. The SMILES string of the molecule is CC(C)N1CC(C(=O)N2CCC(C(=O)N3C[C@@H](N(C)C(=O)Oc4ccc(F)cc4)[C@H](c4ccc(Cl)c(Cl)c4)C3)CC2)CCC1=O. The van der Waals surface area contributed by atoms with E-state index in [2.05, 4.69) is 0 Å². The first kappa shape index (κ1) is 33.0. The molecule has 0 radical (unpaired) electrons. The van der Waals surface area contributed by atoms with Gasteiger partial charge in [0.05, 0.1) is 22.0 Å². The van der Waals surface area contributed by atoms with Gasteiger partial charge in [0.15, 0.2) is 0 Å². The molecule has 3 atom stereocenters. The number of rotatable bonds is 6. The molecule has 0 aromatic heterocycles. The molecule has 1 unspecified atom stereocenters. The van der Waals surface area contributed by atoms with Crippen molar-refractivity contribution in [2.75, 3.05) is 39.8 Å². The average molecular weight is 662 g/mol. The van der Waals surface area contributed by atoms with Crippen molar-refractivity contribution in [1.82, 2.24) is 19.6 Å². The van der Waals surface area contributed by atoms with Crippen LogP contribution >= 0.6 is 23.2 Å². The van der Waals surface area contributed by atoms with Crippen molar-refractivity contribution in [2.45, 2.75) is 57.5 Å². The normalized spacial score (nSPS) is 22.6. The molecule has 2 aromatic rings. The Balaban J connectivity index is 1.25. The fourth-order valence-corrected chi connectivity index (χ4v) is 6.98. The number of carbonyl (C=O) groups excluding carboxylic acids is 4. The van der Waals surface area contributed by atoms with Crippen LogP contribution in [0.1, 0.15) is 51.0 Å². The van der Waals surface area contributed by atoms with Gasteiger partial charge in [0.1, 0.15) is 11.6 Å². The van der Waals surface area contributed by atoms with E-state index in [0.29, 0.717) is 68.5 Å². The Labute approximate surface area is 273 Å². The van der Waals surface area contributed by atoms with Gasteiger partial charge in [-0.2, -0.15) is 0 Å². The first-order chi connectivity index (χ1) is 21.4. The van der Waals surface area contributed by atoms with Crippen molar-refractivity contribution < 1.29 is 28.3 Å². The highest BCUT2D eigenvalue weighted by molar-refractivity contribution is 6.42. The minimum Gasteiger partial charge on any atom is -0.410 e. The number of likely N-dealkylation sites (tertiary alicyclic amines) is 3. The summed E-state index contributed by atoms with van der Waals surface area (Å²) < 4.78 is 18.9. The van der Waals surface area contributed by atoms with Gasteiger partial charge in [-0.25, -0.2) is 9.18 Å². The Morgan fingerprint density at radius 2 is 1.56 bits per heavy atom. The second-order valence-corrected chi connectivity index (χ2v) is 13.3. The van der Waals surface area contributed by atoms with Crippen molar-refractivity contribution in [2.24, 2.45) is 11.8 Å². The van der Waals surface area contributed by atoms with Crippen molar-refractivity contribution in [3.63, 3.8) is 0 Å². The van der Waals surface area contributed by atoms with E-state index < -0.39 is 18.0 Å². The molecule has 5 rings (SSSR count). The van der Waals surface area contributed by atoms with Gasteiger partial charge in [-0.05, 0) is 75.1 Å². The summed E-state index contributed by atoms with van der Waals surface area (Å²) in [7, 11) is 1.62. The molecule has 9 nitrogen and oxygen atoms in total. The molecule has 0 N–H and O–H groups in total. The smallest absolute Gasteiger partial charge is 0.410 e. The van der Waals surface area contributed by atoms with Crippen LogP contribution in [0.15, 0.2) is 42.5 Å². The van der Waals surface area contributed by atoms with Crippen LogP contribution < -0.4 is 4.74 Å². The first-order valence-electron chi connectivity index (χ1n) is 15.4. The first-order valence-corrected chi connectivity index (χ1v) is 16.2. The summed E-state index contributed by atoms with van der Waals surface area (Å²) in [6.45, 7) is 6.00. The van der Waals surface area contributed by atoms with E-state index in [1.807, 2.05) is 24.8 Å². The van der Waals surface area contributed by atoms with Crippen LogP contribution in [0.5, 0.6) is 5.75 Å². The molecule has 0 saturated carbocycles. The van der Waals surface area contributed by atoms with Crippen molar-refractivity contribution >= 4 is 47.0 Å². The molecular weight excluding hydrogens is 622 g/mol. The molecule has 45 heavy (non-hydrogen) atoms. The number of halogens is 3. The van der Waals surface area contributed by atoms with Crippen LogP contribution in [0.3, 0.4) is 0 Å². The average Bonchev–Trinajstić information content (AvgIpc) is 3.48. The minimum absolute atomic E-state index is 0.00999. The quantitative estimate of drug-likeness (QED) is 0.412. The van der Waals surface area contributed by atoms with E-state index in [1.165, 1.54) is 29.2 Å². The lowest BCUT2D eigenvalue weighted by Crippen LogP contribution is -2.51. The Morgan fingerprint density at radius 3 is 2.20 bits per heavy atom. The van der Waals surface area contributed by atoms with Gasteiger partial charge in [0.25, 0.3) is 0 Å². The van der Waals surface area contributed by atoms with Crippen LogP contribution in [-0.4, -0.2) is 95.3 Å². The lowest BCUT2D eigenvalue weighted by Gasteiger charge is -2.39. The molecule has 12 heteroatoms. The van der Waals surface area contributed by atoms with Crippen molar-refractivity contribution in [3.8, 4) is 5.75 Å². The molecule has 3 aliphatic rings. The Hall–Kier alpha value is -3.37. The maximum Gasteiger partial charge on any atom is 0.415 e. The largest absolute Gasteiger partial charge is 0.415 e. The summed E-state index contributed by atoms with van der Waals surface area (Å²) in [4.78, 5) is 59.5. The summed E-state index contributed by atoms with van der Waals surface area (Å²) in [6.07, 6.45) is 1.41. The maximum atomic E-state index is 13.9. The minimum atomic E-state index is -0.627. The molecule has 0 bridgehead atoms. The number of amides is 4. The van der Waals surface area contributed by atoms with Gasteiger partial charge in [-0.15, -0.1) is 0 Å². The van der Waals surface area contributed by atoms with E-state index in [9.17, 15) is 23.6 Å². The highest BCUT2D eigenvalue weighted by Crippen LogP contribution is 2.36. The lowest BCUT2D eigenvalue weighted by atomic mass is 9.91. The number of piperidine rings is 2. The zero-order valence-electron chi connectivity index (χ0n) is 25.8. The van der Waals surface area contributed by atoms with Gasteiger partial charge in [0.2, 0.25) is 17.7 Å². The Morgan fingerprint density at radius 1 is 0.889 bits per heavy atom. The standard InChI is InChI=1S/C33H39Cl2FN4O5/c1-20(2)40-17-23(5-11-30(40)41)32(43)38-14-12-21(13-15-38)31(42)39-18-26(22-4-10-27(34)28(35)16-22)29(19-39)37(3)33(44)45-25-8-6-24(36)7-9-25/h4,6-10,16,20-21,23,26,29H,5,11-15,17-19H2,1-3H3/t23?,26-,29+/m0/s1. The van der Waals surface area contributed by atoms with Gasteiger partial charge < -0.3 is 24.3 Å². The number of benzene rings is 2. The molecule has 3 aliphatic heterocycles. The number of hydrogen-bond acceptors (Lipinski definition) is 5. The molecule has 242 valence electrons. The number of nitrogens with zero attached hydrogens (tertiary/aromatic N) is 4. The van der Waals surface area contributed by atoms with Crippen LogP contribution in [0.2, 0.25) is 10.0 Å². The molecule has 2 aromatic carbocycles. The highest BCUT2D eigenvalue weighted by Gasteiger charge is 2.43. The monoisotopic (exact) mass is 660 g/mol. The second kappa shape index (κ2) is 14.0. The lowest BCUT2D eigenvalue weighted by molar-refractivity contribution is -0.147. The summed E-state index contributed by atoms with van der Waals surface area (Å²) in [5.74, 6) is -0.808. The van der Waals surface area contributed by atoms with Crippen molar-refractivity contribution in [3.05, 3.63) is 63.9 Å². The number of hydrogen-bond donors (Lipinski definition) is 0. The van der Waals surface area contributed by atoms with E-state index in [0.717, 1.165) is 5.56 Å². The van der Waals surface area contributed by atoms with Crippen LogP contribution in [-0.2, 0) is 14.4 Å². The van der Waals surface area contributed by atoms with Gasteiger partial charge in [-0.3, -0.25) is 14.4 Å². The molecule has 3 fully saturated rings. The fourth-order valence-electron chi connectivity index (χ4n) is 6.68. The fraction of sp³-hybridized carbons (Fsp3) is 0.515. The number of ether oxygens (including phenoxy) is 1. The predicted molar refractivity (Wildman–Crippen MR) is 169 cm³/mol.